The van der Waals surface area contributed by atoms with Crippen LogP contribution in [-0.2, 0) is 4.74 Å². The molecule has 30 heavy (non-hydrogen) atoms. The molecule has 1 aromatic carbocycles. The van der Waals surface area contributed by atoms with E-state index in [0.717, 1.165) is 6.07 Å². The third-order valence-corrected chi connectivity index (χ3v) is 4.53. The van der Waals surface area contributed by atoms with E-state index in [1.54, 1.807) is 30.6 Å². The van der Waals surface area contributed by atoms with Crippen LogP contribution in [0.5, 0.6) is 11.5 Å². The van der Waals surface area contributed by atoms with Gasteiger partial charge in [-0.3, -0.25) is 0 Å². The topological polar surface area (TPSA) is 103 Å². The van der Waals surface area contributed by atoms with E-state index in [9.17, 15) is 18.0 Å². The first-order chi connectivity index (χ1) is 13.9. The fraction of sp³-hybridized carbons (Fsp3) is 0.500. The molecule has 3 heterocycles. The summed E-state index contributed by atoms with van der Waals surface area (Å²) in [6, 6.07) is 1.12. The van der Waals surface area contributed by atoms with Crippen molar-refractivity contribution in [3.63, 3.8) is 0 Å². The van der Waals surface area contributed by atoms with Gasteiger partial charge in [-0.1, -0.05) is 0 Å². The standard InChI is InChI=1S/C18H20F3N5O4/c1-17(2,3)30-16(27)26-6-4-25(5-7-26)15-23-12-9(14(22)24-15)8-10-13(11(12)19)29-18(20,21)28-10/h8H,4-7H2,1-3H3,(H2,22,23,24). The number of alkyl halides is 2. The van der Waals surface area contributed by atoms with Crippen LogP contribution in [0, 0.1) is 5.82 Å². The molecule has 0 atom stereocenters. The summed E-state index contributed by atoms with van der Waals surface area (Å²) < 4.78 is 55.3. The predicted octanol–water partition coefficient (Wildman–Crippen LogP) is 2.73. The molecule has 1 fully saturated rings. The monoisotopic (exact) mass is 427 g/mol. The lowest BCUT2D eigenvalue weighted by Crippen LogP contribution is -2.50. The molecule has 1 aromatic heterocycles. The minimum atomic E-state index is -3.97. The summed E-state index contributed by atoms with van der Waals surface area (Å²) >= 11 is 0. The molecule has 0 unspecified atom stereocenters. The fourth-order valence-electron chi connectivity index (χ4n) is 3.19. The van der Waals surface area contributed by atoms with E-state index in [1.807, 2.05) is 0 Å². The zero-order valence-electron chi connectivity index (χ0n) is 16.5. The number of benzene rings is 1. The first-order valence-electron chi connectivity index (χ1n) is 9.22. The van der Waals surface area contributed by atoms with Gasteiger partial charge in [0.2, 0.25) is 11.7 Å². The summed E-state index contributed by atoms with van der Waals surface area (Å²) in [4.78, 5) is 23.8. The number of nitrogens with two attached hydrogens (primary N) is 1. The van der Waals surface area contributed by atoms with Gasteiger partial charge in [-0.2, -0.15) is 4.98 Å². The van der Waals surface area contributed by atoms with Crippen LogP contribution < -0.4 is 20.1 Å². The Labute approximate surface area is 169 Å². The van der Waals surface area contributed by atoms with E-state index < -0.39 is 35.3 Å². The van der Waals surface area contributed by atoms with Gasteiger partial charge in [-0.25, -0.2) is 14.2 Å². The molecule has 0 radical (unpaired) electrons. The number of amides is 1. The van der Waals surface area contributed by atoms with Crippen molar-refractivity contribution >= 4 is 28.8 Å². The highest BCUT2D eigenvalue weighted by Crippen LogP contribution is 2.46. The minimum absolute atomic E-state index is 0.0312. The van der Waals surface area contributed by atoms with Gasteiger partial charge in [-0.05, 0) is 26.8 Å². The molecule has 1 amide bonds. The number of anilines is 2. The lowest BCUT2D eigenvalue weighted by molar-refractivity contribution is -0.287. The van der Waals surface area contributed by atoms with Gasteiger partial charge in [0, 0.05) is 31.6 Å². The van der Waals surface area contributed by atoms with Crippen molar-refractivity contribution in [1.82, 2.24) is 14.9 Å². The summed E-state index contributed by atoms with van der Waals surface area (Å²) in [5.41, 5.74) is 5.06. The average molecular weight is 427 g/mol. The molecule has 2 N–H and O–H groups in total. The van der Waals surface area contributed by atoms with E-state index in [4.69, 9.17) is 10.5 Å². The van der Waals surface area contributed by atoms with E-state index in [1.165, 1.54) is 0 Å². The first-order valence-corrected chi connectivity index (χ1v) is 9.22. The fourth-order valence-corrected chi connectivity index (χ4v) is 3.19. The summed E-state index contributed by atoms with van der Waals surface area (Å²) in [7, 11) is 0. The van der Waals surface area contributed by atoms with Crippen molar-refractivity contribution in [2.24, 2.45) is 0 Å². The molecule has 0 bridgehead atoms. The number of nitrogen functional groups attached to an aromatic ring is 1. The van der Waals surface area contributed by atoms with Gasteiger partial charge < -0.3 is 29.7 Å². The molecule has 2 aliphatic rings. The molecule has 4 rings (SSSR count). The van der Waals surface area contributed by atoms with E-state index in [-0.39, 0.29) is 22.7 Å². The molecule has 12 heteroatoms. The average Bonchev–Trinajstić information content (AvgIpc) is 2.96. The Bertz CT molecular complexity index is 1020. The Morgan fingerprint density at radius 3 is 2.50 bits per heavy atom. The summed E-state index contributed by atoms with van der Waals surface area (Å²) in [5, 5.41) is 0.0312. The van der Waals surface area contributed by atoms with Gasteiger partial charge in [-0.15, -0.1) is 8.78 Å². The molecular weight excluding hydrogens is 407 g/mol. The van der Waals surface area contributed by atoms with Crippen LogP contribution in [0.15, 0.2) is 6.07 Å². The van der Waals surface area contributed by atoms with E-state index in [2.05, 4.69) is 19.4 Å². The molecule has 162 valence electrons. The second kappa shape index (κ2) is 6.67. The maximum absolute atomic E-state index is 14.8. The zero-order chi connectivity index (χ0) is 21.8. The van der Waals surface area contributed by atoms with E-state index in [0.29, 0.717) is 26.2 Å². The highest BCUT2D eigenvalue weighted by atomic mass is 19.3. The van der Waals surface area contributed by atoms with Crippen molar-refractivity contribution in [3.05, 3.63) is 11.9 Å². The van der Waals surface area contributed by atoms with E-state index >= 15 is 0 Å². The SMILES string of the molecule is CC(C)(C)OC(=O)N1CCN(c2nc(N)c3cc4c(c(F)c3n2)OC(F)(F)O4)CC1. The van der Waals surface area contributed by atoms with Crippen LogP contribution in [0.25, 0.3) is 10.9 Å². The van der Waals surface area contributed by atoms with Crippen LogP contribution in [0.2, 0.25) is 0 Å². The van der Waals surface area contributed by atoms with Gasteiger partial charge in [0.15, 0.2) is 11.6 Å². The number of ether oxygens (including phenoxy) is 3. The first kappa shape index (κ1) is 20.1. The zero-order valence-corrected chi connectivity index (χ0v) is 16.5. The Balaban J connectivity index is 1.57. The largest absolute Gasteiger partial charge is 0.586 e. The van der Waals surface area contributed by atoms with Gasteiger partial charge in [0.05, 0.1) is 0 Å². The molecule has 0 spiro atoms. The smallest absolute Gasteiger partial charge is 0.444 e. The predicted molar refractivity (Wildman–Crippen MR) is 100 cm³/mol. The normalized spacial score (nSPS) is 18.1. The molecule has 9 nitrogen and oxygen atoms in total. The van der Waals surface area contributed by atoms with Crippen molar-refractivity contribution in [1.29, 1.82) is 0 Å². The maximum Gasteiger partial charge on any atom is 0.586 e. The third kappa shape index (κ3) is 3.68. The van der Waals surface area contributed by atoms with Crippen LogP contribution in [0.4, 0.5) is 29.7 Å². The number of piperazine rings is 1. The molecule has 0 saturated carbocycles. The number of fused-ring (bicyclic) bond motifs is 2. The Hall–Kier alpha value is -3.18. The number of nitrogens with zero attached hydrogens (tertiary/aromatic N) is 4. The molecule has 0 aliphatic carbocycles. The second-order valence-corrected chi connectivity index (χ2v) is 7.94. The summed E-state index contributed by atoms with van der Waals surface area (Å²) in [6.07, 6.45) is -4.40. The molecule has 1 saturated heterocycles. The third-order valence-electron chi connectivity index (χ3n) is 4.53. The van der Waals surface area contributed by atoms with Crippen molar-refractivity contribution in [3.8, 4) is 11.5 Å². The van der Waals surface area contributed by atoms with Crippen molar-refractivity contribution in [2.75, 3.05) is 36.8 Å². The lowest BCUT2D eigenvalue weighted by Gasteiger charge is -2.35. The van der Waals surface area contributed by atoms with Crippen LogP contribution in [0.1, 0.15) is 20.8 Å². The quantitative estimate of drug-likeness (QED) is 0.741. The number of carbonyl (C=O) groups is 1. The van der Waals surface area contributed by atoms with Gasteiger partial charge in [0.1, 0.15) is 16.9 Å². The molecular formula is C18H20F3N5O4. The van der Waals surface area contributed by atoms with Crippen LogP contribution in [0.3, 0.4) is 0 Å². The Morgan fingerprint density at radius 2 is 1.87 bits per heavy atom. The number of halogens is 3. The Morgan fingerprint density at radius 1 is 1.20 bits per heavy atom. The van der Waals surface area contributed by atoms with Crippen molar-refractivity contribution < 1.29 is 32.2 Å². The summed E-state index contributed by atoms with van der Waals surface area (Å²) in [5.74, 6) is -2.29. The number of carbonyl (C=O) groups excluding carboxylic acids is 1. The maximum atomic E-state index is 14.8. The number of aromatic nitrogens is 2. The number of rotatable bonds is 1. The highest BCUT2D eigenvalue weighted by molar-refractivity contribution is 5.92. The molecule has 2 aromatic rings. The second-order valence-electron chi connectivity index (χ2n) is 7.94. The minimum Gasteiger partial charge on any atom is -0.444 e. The summed E-state index contributed by atoms with van der Waals surface area (Å²) in [6.45, 7) is 6.73. The highest BCUT2D eigenvalue weighted by Gasteiger charge is 2.46. The van der Waals surface area contributed by atoms with Gasteiger partial charge in [0.25, 0.3) is 0 Å². The molecule has 2 aliphatic heterocycles. The van der Waals surface area contributed by atoms with Gasteiger partial charge >= 0.3 is 12.4 Å². The van der Waals surface area contributed by atoms with Crippen molar-refractivity contribution in [2.45, 2.75) is 32.7 Å². The number of hydrogen-bond donors (Lipinski definition) is 1. The Kier molecular flexibility index (Phi) is 4.47. The van der Waals surface area contributed by atoms with Crippen LogP contribution in [-0.4, -0.2) is 59.0 Å². The lowest BCUT2D eigenvalue weighted by atomic mass is 10.2. The number of hydrogen-bond acceptors (Lipinski definition) is 8. The van der Waals surface area contributed by atoms with Crippen LogP contribution >= 0.6 is 0 Å².